The molecule has 0 amide bonds. The molecule has 7 aromatic rings. The maximum atomic E-state index is 15.2. The molecule has 2 unspecified atom stereocenters. The van der Waals surface area contributed by atoms with Crippen LogP contribution in [0.15, 0.2) is 108 Å². The molecule has 1 N–H and O–H groups in total. The number of aromatic carboxylic acids is 1. The van der Waals surface area contributed by atoms with Crippen molar-refractivity contribution in [1.82, 2.24) is 13.6 Å². The first-order valence-corrected chi connectivity index (χ1v) is 16.5. The third kappa shape index (κ3) is 5.82. The lowest BCUT2D eigenvalue weighted by Gasteiger charge is -2.15. The van der Waals surface area contributed by atoms with E-state index in [1.807, 2.05) is 53.4 Å². The number of methoxy groups -OCH3 is 1. The molecular formula is C38H27F2N4O3PS. The van der Waals surface area contributed by atoms with Crippen molar-refractivity contribution >= 4 is 43.6 Å². The molecule has 11 heteroatoms. The summed E-state index contributed by atoms with van der Waals surface area (Å²) in [6, 6.07) is 28.7. The van der Waals surface area contributed by atoms with Crippen molar-refractivity contribution in [2.75, 3.05) is 7.11 Å². The second kappa shape index (κ2) is 12.8. The number of hydrogen-bond acceptors (Lipinski definition) is 5. The number of rotatable bonds is 8. The molecule has 0 bridgehead atoms. The van der Waals surface area contributed by atoms with Gasteiger partial charge in [0.05, 0.1) is 47.4 Å². The fraction of sp³-hybridized carbons (Fsp3) is 0.0789. The molecule has 49 heavy (non-hydrogen) atoms. The average molecular weight is 689 g/mol. The van der Waals surface area contributed by atoms with E-state index in [1.165, 1.54) is 30.3 Å². The summed E-state index contributed by atoms with van der Waals surface area (Å²) in [7, 11) is 3.70. The quantitative estimate of drug-likeness (QED) is 0.160. The fourth-order valence-corrected chi connectivity index (χ4v) is 7.35. The summed E-state index contributed by atoms with van der Waals surface area (Å²) in [5.41, 5.74) is 7.57. The molecule has 4 aromatic carbocycles. The van der Waals surface area contributed by atoms with Crippen LogP contribution in [0.25, 0.3) is 49.9 Å². The number of carbonyl (C=O) groups is 1. The van der Waals surface area contributed by atoms with E-state index in [0.29, 0.717) is 50.1 Å². The summed E-state index contributed by atoms with van der Waals surface area (Å²) < 4.78 is 38.5. The third-order valence-corrected chi connectivity index (χ3v) is 9.84. The summed E-state index contributed by atoms with van der Waals surface area (Å²) >= 11 is 1.40. The number of halogens is 2. The van der Waals surface area contributed by atoms with Crippen molar-refractivity contribution in [3.8, 4) is 45.3 Å². The molecule has 242 valence electrons. The number of carboxylic acid groups (broad SMARTS) is 1. The maximum absolute atomic E-state index is 15.2. The zero-order chi connectivity index (χ0) is 34.4. The van der Waals surface area contributed by atoms with Gasteiger partial charge in [0.1, 0.15) is 23.5 Å². The van der Waals surface area contributed by atoms with Crippen molar-refractivity contribution in [2.45, 2.75) is 17.7 Å². The summed E-state index contributed by atoms with van der Waals surface area (Å²) in [5.74, 6) is -2.15. The number of pyridine rings is 1. The second-order valence-electron chi connectivity index (χ2n) is 11.4. The summed E-state index contributed by atoms with van der Waals surface area (Å²) in [4.78, 5) is 12.5. The Labute approximate surface area is 286 Å². The van der Waals surface area contributed by atoms with Crippen LogP contribution in [0, 0.1) is 24.1 Å². The molecule has 0 saturated heterocycles. The zero-order valence-corrected chi connectivity index (χ0v) is 28.2. The highest BCUT2D eigenvalue weighted by Crippen LogP contribution is 2.47. The lowest BCUT2D eigenvalue weighted by Crippen LogP contribution is -1.98. The Hall–Kier alpha value is -5.49. The van der Waals surface area contributed by atoms with Crippen LogP contribution in [-0.4, -0.2) is 31.8 Å². The van der Waals surface area contributed by atoms with Crippen LogP contribution in [0.1, 0.15) is 33.0 Å². The van der Waals surface area contributed by atoms with Gasteiger partial charge in [0.25, 0.3) is 0 Å². The number of benzene rings is 4. The maximum Gasteiger partial charge on any atom is 0.335 e. The standard InChI is InChI=1S/C38H27F2N4O3PS/c1-21-14-25(38(45)46)8-12-30(21)23-4-3-5-24(15-23)36-34(32-17-28(47-2)20-43-35(32)26(18-41)19-42-43)31-16-27(39)9-13-33(31)44(36)49-29-10-6-22(7-11-29)37(40)48/h3-17,19-20,37H,48H2,1-2H3,(H,45,46). The van der Waals surface area contributed by atoms with Gasteiger partial charge < -0.3 is 9.84 Å². The Bertz CT molecular complexity index is 2470. The molecule has 0 aliphatic rings. The number of hydrogen-bond donors (Lipinski definition) is 1. The van der Waals surface area contributed by atoms with Crippen molar-refractivity contribution < 1.29 is 23.4 Å². The first-order valence-electron chi connectivity index (χ1n) is 15.1. The van der Waals surface area contributed by atoms with Crippen molar-refractivity contribution in [3.63, 3.8) is 0 Å². The molecule has 0 saturated carbocycles. The Morgan fingerprint density at radius 1 is 1.02 bits per heavy atom. The first-order chi connectivity index (χ1) is 23.7. The van der Waals surface area contributed by atoms with Crippen LogP contribution in [0.2, 0.25) is 0 Å². The smallest absolute Gasteiger partial charge is 0.335 e. The van der Waals surface area contributed by atoms with Gasteiger partial charge in [0, 0.05) is 27.0 Å². The van der Waals surface area contributed by atoms with E-state index in [0.717, 1.165) is 27.1 Å². The van der Waals surface area contributed by atoms with E-state index in [1.54, 1.807) is 54.2 Å². The van der Waals surface area contributed by atoms with Crippen LogP contribution >= 0.6 is 21.2 Å². The molecule has 2 atom stereocenters. The number of fused-ring (bicyclic) bond motifs is 2. The minimum atomic E-state index is -1.20. The lowest BCUT2D eigenvalue weighted by molar-refractivity contribution is 0.0696. The fourth-order valence-electron chi connectivity index (χ4n) is 6.12. The van der Waals surface area contributed by atoms with E-state index in [-0.39, 0.29) is 5.56 Å². The van der Waals surface area contributed by atoms with Crippen LogP contribution < -0.4 is 4.74 Å². The molecule has 0 aliphatic heterocycles. The number of aryl methyl sites for hydroxylation is 1. The highest BCUT2D eigenvalue weighted by molar-refractivity contribution is 7.98. The zero-order valence-electron chi connectivity index (χ0n) is 26.2. The number of aromatic nitrogens is 3. The Morgan fingerprint density at radius 3 is 2.49 bits per heavy atom. The van der Waals surface area contributed by atoms with E-state index in [9.17, 15) is 19.6 Å². The number of nitrogens with zero attached hydrogens (tertiary/aromatic N) is 4. The molecule has 3 heterocycles. The van der Waals surface area contributed by atoms with Crippen molar-refractivity contribution in [3.05, 3.63) is 131 Å². The van der Waals surface area contributed by atoms with Crippen molar-refractivity contribution in [1.29, 1.82) is 5.26 Å². The van der Waals surface area contributed by atoms with Gasteiger partial charge in [-0.3, -0.25) is 3.97 Å². The first kappa shape index (κ1) is 32.1. The monoisotopic (exact) mass is 688 g/mol. The van der Waals surface area contributed by atoms with Gasteiger partial charge in [0.15, 0.2) is 0 Å². The van der Waals surface area contributed by atoms with Gasteiger partial charge in [0.2, 0.25) is 0 Å². The number of alkyl halides is 1. The largest absolute Gasteiger partial charge is 0.495 e. The van der Waals surface area contributed by atoms with E-state index in [2.05, 4.69) is 20.4 Å². The van der Waals surface area contributed by atoms with Crippen molar-refractivity contribution in [2.24, 2.45) is 0 Å². The number of carboxylic acids is 1. The average Bonchev–Trinajstić information content (AvgIpc) is 3.66. The highest BCUT2D eigenvalue weighted by Gasteiger charge is 2.26. The summed E-state index contributed by atoms with van der Waals surface area (Å²) in [6.07, 6.45) is 3.17. The number of ether oxygens (including phenoxy) is 1. The molecular weight excluding hydrogens is 661 g/mol. The molecule has 0 aliphatic carbocycles. The molecule has 7 nitrogen and oxygen atoms in total. The van der Waals surface area contributed by atoms with Crippen LogP contribution in [0.5, 0.6) is 5.75 Å². The van der Waals surface area contributed by atoms with Gasteiger partial charge >= 0.3 is 5.97 Å². The number of nitriles is 1. The Balaban J connectivity index is 1.56. The molecule has 0 radical (unpaired) electrons. The van der Waals surface area contributed by atoms with Gasteiger partial charge in [-0.25, -0.2) is 18.1 Å². The predicted octanol–water partition coefficient (Wildman–Crippen LogP) is 9.71. The Kier molecular flexibility index (Phi) is 8.41. The summed E-state index contributed by atoms with van der Waals surface area (Å²) in [5, 5.41) is 24.6. The molecule has 3 aromatic heterocycles. The van der Waals surface area contributed by atoms with E-state index >= 15 is 4.39 Å². The van der Waals surface area contributed by atoms with Gasteiger partial charge in [-0.15, -0.1) is 0 Å². The highest BCUT2D eigenvalue weighted by atomic mass is 32.2. The Morgan fingerprint density at radius 2 is 1.80 bits per heavy atom. The third-order valence-electron chi connectivity index (χ3n) is 8.41. The molecule has 7 rings (SSSR count). The minimum absolute atomic E-state index is 0.196. The summed E-state index contributed by atoms with van der Waals surface area (Å²) in [6.45, 7) is 1.87. The second-order valence-corrected chi connectivity index (χ2v) is 13.0. The van der Waals surface area contributed by atoms with E-state index in [4.69, 9.17) is 4.74 Å². The van der Waals surface area contributed by atoms with Crippen LogP contribution in [0.4, 0.5) is 8.78 Å². The molecule has 0 fully saturated rings. The predicted molar refractivity (Wildman–Crippen MR) is 191 cm³/mol. The normalized spacial score (nSPS) is 11.9. The minimum Gasteiger partial charge on any atom is -0.495 e. The SMILES string of the molecule is COc1cc(-c2c(-c3cccc(-c4ccc(C(=O)O)cc4C)c3)n(Sc3ccc(C(F)P)cc3)c3ccc(F)cc23)c2c(C#N)cnn2c1. The van der Waals surface area contributed by atoms with Gasteiger partial charge in [-0.05, 0) is 95.7 Å². The van der Waals surface area contributed by atoms with Crippen LogP contribution in [-0.2, 0) is 0 Å². The lowest BCUT2D eigenvalue weighted by atomic mass is 9.93. The molecule has 0 spiro atoms. The topological polar surface area (TPSA) is 92.5 Å². The van der Waals surface area contributed by atoms with E-state index < -0.39 is 17.7 Å². The van der Waals surface area contributed by atoms with Gasteiger partial charge in [-0.2, -0.15) is 10.4 Å². The van der Waals surface area contributed by atoms with Crippen LogP contribution in [0.3, 0.4) is 0 Å². The van der Waals surface area contributed by atoms with Gasteiger partial charge in [-0.1, -0.05) is 45.6 Å².